The van der Waals surface area contributed by atoms with Gasteiger partial charge in [-0.3, -0.25) is 0 Å². The van der Waals surface area contributed by atoms with Crippen molar-refractivity contribution in [3.63, 3.8) is 0 Å². The first kappa shape index (κ1) is 13.3. The molecular formula is C13H9ClFNO3. The van der Waals surface area contributed by atoms with Gasteiger partial charge in [-0.05, 0) is 24.6 Å². The molecule has 2 aromatic rings. The molecule has 0 saturated carbocycles. The van der Waals surface area contributed by atoms with E-state index in [0.717, 1.165) is 6.07 Å². The highest BCUT2D eigenvalue weighted by molar-refractivity contribution is 6.30. The van der Waals surface area contributed by atoms with E-state index in [4.69, 9.17) is 21.4 Å². The SMILES string of the molecule is Cc1cccc(C(=O)O)c1Oc1ncc(Cl)cc1F. The van der Waals surface area contributed by atoms with Crippen LogP contribution in [0.1, 0.15) is 15.9 Å². The fourth-order valence-electron chi connectivity index (χ4n) is 1.53. The number of aromatic carboxylic acids is 1. The molecule has 0 unspecified atom stereocenters. The summed E-state index contributed by atoms with van der Waals surface area (Å²) in [6.45, 7) is 1.66. The molecule has 1 N–H and O–H groups in total. The van der Waals surface area contributed by atoms with Gasteiger partial charge >= 0.3 is 5.97 Å². The molecule has 1 heterocycles. The normalized spacial score (nSPS) is 10.3. The van der Waals surface area contributed by atoms with Crippen molar-refractivity contribution in [1.29, 1.82) is 0 Å². The monoisotopic (exact) mass is 281 g/mol. The number of para-hydroxylation sites is 1. The predicted octanol–water partition coefficient (Wildman–Crippen LogP) is 3.67. The van der Waals surface area contributed by atoms with Gasteiger partial charge in [0.05, 0.1) is 5.02 Å². The molecule has 1 aromatic heterocycles. The molecule has 4 nitrogen and oxygen atoms in total. The molecule has 0 saturated heterocycles. The van der Waals surface area contributed by atoms with Crippen LogP contribution < -0.4 is 4.74 Å². The maximum Gasteiger partial charge on any atom is 0.339 e. The van der Waals surface area contributed by atoms with E-state index in [-0.39, 0.29) is 22.2 Å². The van der Waals surface area contributed by atoms with E-state index in [0.29, 0.717) is 5.56 Å². The van der Waals surface area contributed by atoms with E-state index in [1.807, 2.05) is 0 Å². The summed E-state index contributed by atoms with van der Waals surface area (Å²) in [4.78, 5) is 14.8. The van der Waals surface area contributed by atoms with Crippen LogP contribution in [-0.4, -0.2) is 16.1 Å². The standard InChI is InChI=1S/C13H9ClFNO3/c1-7-3-2-4-9(13(17)18)11(7)19-12-10(15)5-8(14)6-16-12/h2-6H,1H3,(H,17,18). The molecule has 98 valence electrons. The topological polar surface area (TPSA) is 59.4 Å². The number of benzene rings is 1. The summed E-state index contributed by atoms with van der Waals surface area (Å²) in [5.74, 6) is -2.18. The van der Waals surface area contributed by atoms with Crippen LogP contribution in [0.2, 0.25) is 5.02 Å². The van der Waals surface area contributed by atoms with Crippen LogP contribution in [-0.2, 0) is 0 Å². The molecule has 0 fully saturated rings. The van der Waals surface area contributed by atoms with Crippen molar-refractivity contribution < 1.29 is 19.0 Å². The number of carboxylic acid groups (broad SMARTS) is 1. The summed E-state index contributed by atoms with van der Waals surface area (Å²) in [5, 5.41) is 9.20. The Morgan fingerprint density at radius 3 is 2.84 bits per heavy atom. The van der Waals surface area contributed by atoms with Crippen LogP contribution in [0.5, 0.6) is 11.6 Å². The van der Waals surface area contributed by atoms with Gasteiger partial charge in [-0.1, -0.05) is 23.7 Å². The molecule has 0 aliphatic heterocycles. The van der Waals surface area contributed by atoms with Gasteiger partial charge in [-0.15, -0.1) is 0 Å². The number of hydrogen-bond donors (Lipinski definition) is 1. The number of pyridine rings is 1. The number of aryl methyl sites for hydroxylation is 1. The van der Waals surface area contributed by atoms with Crippen molar-refractivity contribution in [2.24, 2.45) is 0 Å². The number of carbonyl (C=O) groups is 1. The Balaban J connectivity index is 2.46. The van der Waals surface area contributed by atoms with E-state index in [1.165, 1.54) is 12.3 Å². The molecule has 0 aliphatic rings. The van der Waals surface area contributed by atoms with E-state index in [9.17, 15) is 9.18 Å². The Morgan fingerprint density at radius 1 is 1.47 bits per heavy atom. The second-order valence-corrected chi connectivity index (χ2v) is 4.24. The van der Waals surface area contributed by atoms with E-state index >= 15 is 0 Å². The third kappa shape index (κ3) is 2.82. The fourth-order valence-corrected chi connectivity index (χ4v) is 1.67. The smallest absolute Gasteiger partial charge is 0.339 e. The van der Waals surface area contributed by atoms with Gasteiger partial charge in [0, 0.05) is 6.20 Å². The highest BCUT2D eigenvalue weighted by Crippen LogP contribution is 2.30. The second kappa shape index (κ2) is 5.24. The number of nitrogens with zero attached hydrogens (tertiary/aromatic N) is 1. The number of halogens is 2. The van der Waals surface area contributed by atoms with Gasteiger partial charge < -0.3 is 9.84 Å². The van der Waals surface area contributed by atoms with E-state index in [1.54, 1.807) is 19.1 Å². The molecule has 0 spiro atoms. The minimum Gasteiger partial charge on any atom is -0.478 e. The Labute approximate surface area is 113 Å². The van der Waals surface area contributed by atoms with Crippen molar-refractivity contribution in [1.82, 2.24) is 4.98 Å². The number of ether oxygens (including phenoxy) is 1. The zero-order chi connectivity index (χ0) is 14.0. The fraction of sp³-hybridized carbons (Fsp3) is 0.0769. The first-order chi connectivity index (χ1) is 8.99. The van der Waals surface area contributed by atoms with Gasteiger partial charge in [0.1, 0.15) is 11.3 Å². The summed E-state index contributed by atoms with van der Waals surface area (Å²) in [7, 11) is 0. The quantitative estimate of drug-likeness (QED) is 0.932. The molecule has 1 aromatic carbocycles. The number of carboxylic acids is 1. The van der Waals surface area contributed by atoms with Crippen LogP contribution in [0.3, 0.4) is 0 Å². The lowest BCUT2D eigenvalue weighted by atomic mass is 10.1. The largest absolute Gasteiger partial charge is 0.478 e. The van der Waals surface area contributed by atoms with Gasteiger partial charge in [0.15, 0.2) is 5.82 Å². The number of rotatable bonds is 3. The zero-order valence-electron chi connectivity index (χ0n) is 9.85. The van der Waals surface area contributed by atoms with Gasteiger partial charge in [-0.25, -0.2) is 14.2 Å². The average Bonchev–Trinajstić information content (AvgIpc) is 2.34. The Bertz CT molecular complexity index is 646. The first-order valence-corrected chi connectivity index (χ1v) is 5.68. The first-order valence-electron chi connectivity index (χ1n) is 5.31. The predicted molar refractivity (Wildman–Crippen MR) is 67.4 cm³/mol. The second-order valence-electron chi connectivity index (χ2n) is 3.80. The average molecular weight is 282 g/mol. The van der Waals surface area contributed by atoms with Crippen LogP contribution >= 0.6 is 11.6 Å². The van der Waals surface area contributed by atoms with Crippen LogP contribution in [0, 0.1) is 12.7 Å². The lowest BCUT2D eigenvalue weighted by molar-refractivity contribution is 0.0693. The minimum absolute atomic E-state index is 0.0590. The minimum atomic E-state index is -1.16. The molecule has 2 rings (SSSR count). The van der Waals surface area contributed by atoms with Gasteiger partial charge in [0.25, 0.3) is 5.88 Å². The molecule has 0 radical (unpaired) electrons. The van der Waals surface area contributed by atoms with Gasteiger partial charge in [0.2, 0.25) is 0 Å². The van der Waals surface area contributed by atoms with Crippen LogP contribution in [0.15, 0.2) is 30.5 Å². The van der Waals surface area contributed by atoms with Crippen molar-refractivity contribution in [3.05, 3.63) is 52.4 Å². The number of aromatic nitrogens is 1. The van der Waals surface area contributed by atoms with Crippen molar-refractivity contribution in [2.45, 2.75) is 6.92 Å². The molecule has 0 amide bonds. The molecule has 0 atom stereocenters. The van der Waals surface area contributed by atoms with E-state index < -0.39 is 11.8 Å². The summed E-state index contributed by atoms with van der Waals surface area (Å²) < 4.78 is 18.8. The Morgan fingerprint density at radius 2 is 2.21 bits per heavy atom. The molecular weight excluding hydrogens is 273 g/mol. The van der Waals surface area contributed by atoms with Gasteiger partial charge in [-0.2, -0.15) is 0 Å². The molecule has 0 aliphatic carbocycles. The van der Waals surface area contributed by atoms with E-state index in [2.05, 4.69) is 4.98 Å². The maximum absolute atomic E-state index is 13.6. The third-order valence-electron chi connectivity index (χ3n) is 2.42. The molecule has 6 heteroatoms. The molecule has 0 bridgehead atoms. The number of hydrogen-bond acceptors (Lipinski definition) is 3. The lowest BCUT2D eigenvalue weighted by Crippen LogP contribution is -2.03. The molecule has 19 heavy (non-hydrogen) atoms. The van der Waals surface area contributed by atoms with Crippen LogP contribution in [0.4, 0.5) is 4.39 Å². The summed E-state index contributed by atoms with van der Waals surface area (Å²) in [5.41, 5.74) is 0.507. The van der Waals surface area contributed by atoms with Crippen molar-refractivity contribution >= 4 is 17.6 Å². The Hall–Kier alpha value is -2.14. The Kier molecular flexibility index (Phi) is 3.66. The van der Waals surface area contributed by atoms with Crippen molar-refractivity contribution in [2.75, 3.05) is 0 Å². The summed E-state index contributed by atoms with van der Waals surface area (Å²) in [6.07, 6.45) is 1.22. The highest BCUT2D eigenvalue weighted by Gasteiger charge is 2.16. The zero-order valence-corrected chi connectivity index (χ0v) is 10.6. The third-order valence-corrected chi connectivity index (χ3v) is 2.62. The lowest BCUT2D eigenvalue weighted by Gasteiger charge is -2.11. The highest BCUT2D eigenvalue weighted by atomic mass is 35.5. The summed E-state index contributed by atoms with van der Waals surface area (Å²) in [6, 6.07) is 5.66. The van der Waals surface area contributed by atoms with Crippen LogP contribution in [0.25, 0.3) is 0 Å². The maximum atomic E-state index is 13.6. The summed E-state index contributed by atoms with van der Waals surface area (Å²) >= 11 is 5.58. The van der Waals surface area contributed by atoms with Crippen molar-refractivity contribution in [3.8, 4) is 11.6 Å².